The van der Waals surface area contributed by atoms with Crippen molar-refractivity contribution in [2.45, 2.75) is 57.8 Å². The van der Waals surface area contributed by atoms with Gasteiger partial charge in [-0.15, -0.1) is 12.4 Å². The van der Waals surface area contributed by atoms with Crippen molar-refractivity contribution < 1.29 is 13.6 Å². The van der Waals surface area contributed by atoms with Crippen LogP contribution in [-0.2, 0) is 4.79 Å². The Kier molecular flexibility index (Phi) is 7.57. The lowest BCUT2D eigenvalue weighted by atomic mass is 9.98. The zero-order chi connectivity index (χ0) is 17.1. The molecule has 0 spiro atoms. The first-order valence-corrected chi connectivity index (χ1v) is 8.05. The Hall–Kier alpha value is -1.24. The van der Waals surface area contributed by atoms with Crippen LogP contribution in [0.1, 0.15) is 45.2 Å². The Morgan fingerprint density at radius 2 is 2.00 bits per heavy atom. The maximum Gasteiger partial charge on any atom is 0.221 e. The Bertz CT molecular complexity index is 569. The summed E-state index contributed by atoms with van der Waals surface area (Å²) in [6, 6.07) is 3.70. The lowest BCUT2D eigenvalue weighted by Crippen LogP contribution is -2.42. The number of nitrogens with one attached hydrogen (secondary N) is 1. The second-order valence-corrected chi connectivity index (χ2v) is 6.59. The van der Waals surface area contributed by atoms with Gasteiger partial charge in [-0.3, -0.25) is 9.69 Å². The molecule has 1 fully saturated rings. The molecule has 1 aromatic rings. The molecule has 1 heterocycles. The van der Waals surface area contributed by atoms with Crippen LogP contribution in [0.2, 0.25) is 0 Å². The smallest absolute Gasteiger partial charge is 0.221 e. The third kappa shape index (κ3) is 4.88. The maximum absolute atomic E-state index is 13.6. The molecule has 1 aromatic carbocycles. The summed E-state index contributed by atoms with van der Waals surface area (Å²) in [6.45, 7) is 6.68. The number of carbonyl (C=O) groups is 1. The molecule has 4 nitrogen and oxygen atoms in total. The van der Waals surface area contributed by atoms with E-state index in [-0.39, 0.29) is 48.9 Å². The van der Waals surface area contributed by atoms with Crippen molar-refractivity contribution in [1.82, 2.24) is 10.2 Å². The molecule has 0 radical (unpaired) electrons. The molecule has 24 heavy (non-hydrogen) atoms. The SMILES string of the molecule is CC(N)CC(=O)NC1CCN(C(C)C)C1c1ccc(F)c(F)c1.Cl. The normalized spacial score (nSPS) is 22.3. The largest absolute Gasteiger partial charge is 0.351 e. The lowest BCUT2D eigenvalue weighted by molar-refractivity contribution is -0.122. The summed E-state index contributed by atoms with van der Waals surface area (Å²) in [5.74, 6) is -1.83. The van der Waals surface area contributed by atoms with E-state index in [1.807, 2.05) is 0 Å². The lowest BCUT2D eigenvalue weighted by Gasteiger charge is -2.32. The molecular formula is C17H26ClF2N3O. The van der Waals surface area contributed by atoms with Crippen LogP contribution in [0.3, 0.4) is 0 Å². The van der Waals surface area contributed by atoms with Gasteiger partial charge in [0.25, 0.3) is 0 Å². The fraction of sp³-hybridized carbons (Fsp3) is 0.588. The molecule has 1 amide bonds. The number of carbonyl (C=O) groups excluding carboxylic acids is 1. The highest BCUT2D eigenvalue weighted by molar-refractivity contribution is 5.85. The molecule has 1 aliphatic heterocycles. The quantitative estimate of drug-likeness (QED) is 0.847. The second-order valence-electron chi connectivity index (χ2n) is 6.59. The number of hydrogen-bond donors (Lipinski definition) is 2. The third-order valence-corrected chi connectivity index (χ3v) is 4.24. The van der Waals surface area contributed by atoms with Gasteiger partial charge in [0.2, 0.25) is 5.91 Å². The van der Waals surface area contributed by atoms with Crippen LogP contribution in [0.25, 0.3) is 0 Å². The molecule has 0 saturated carbocycles. The molecule has 136 valence electrons. The van der Waals surface area contributed by atoms with E-state index in [9.17, 15) is 13.6 Å². The first-order valence-electron chi connectivity index (χ1n) is 8.05. The fourth-order valence-corrected chi connectivity index (χ4v) is 3.23. The number of amides is 1. The number of nitrogens with two attached hydrogens (primary N) is 1. The van der Waals surface area contributed by atoms with Crippen LogP contribution in [0, 0.1) is 11.6 Å². The third-order valence-electron chi connectivity index (χ3n) is 4.24. The summed E-state index contributed by atoms with van der Waals surface area (Å²) in [5, 5.41) is 3.00. The zero-order valence-corrected chi connectivity index (χ0v) is 15.1. The molecule has 1 saturated heterocycles. The van der Waals surface area contributed by atoms with Crippen molar-refractivity contribution in [3.63, 3.8) is 0 Å². The highest BCUT2D eigenvalue weighted by Crippen LogP contribution is 2.34. The molecule has 3 atom stereocenters. The number of hydrogen-bond acceptors (Lipinski definition) is 3. The van der Waals surface area contributed by atoms with E-state index in [0.29, 0.717) is 5.56 Å². The Balaban J connectivity index is 0.00000288. The van der Waals surface area contributed by atoms with Gasteiger partial charge in [0.1, 0.15) is 0 Å². The van der Waals surface area contributed by atoms with Gasteiger partial charge in [0.15, 0.2) is 11.6 Å². The van der Waals surface area contributed by atoms with E-state index in [0.717, 1.165) is 19.0 Å². The van der Waals surface area contributed by atoms with E-state index < -0.39 is 11.6 Å². The predicted molar refractivity (Wildman–Crippen MR) is 93.0 cm³/mol. The van der Waals surface area contributed by atoms with Crippen molar-refractivity contribution >= 4 is 18.3 Å². The number of halogens is 3. The summed E-state index contributed by atoms with van der Waals surface area (Å²) in [4.78, 5) is 14.2. The van der Waals surface area contributed by atoms with Gasteiger partial charge in [0.05, 0.1) is 6.04 Å². The summed E-state index contributed by atoms with van der Waals surface area (Å²) in [7, 11) is 0. The first-order chi connectivity index (χ1) is 10.8. The average Bonchev–Trinajstić information content (AvgIpc) is 2.84. The molecule has 1 aliphatic rings. The van der Waals surface area contributed by atoms with E-state index in [4.69, 9.17) is 5.73 Å². The van der Waals surface area contributed by atoms with Crippen molar-refractivity contribution in [3.05, 3.63) is 35.4 Å². The molecule has 2 rings (SSSR count). The number of benzene rings is 1. The molecule has 0 bridgehead atoms. The van der Waals surface area contributed by atoms with Gasteiger partial charge in [-0.1, -0.05) is 6.07 Å². The van der Waals surface area contributed by atoms with Gasteiger partial charge in [0, 0.05) is 31.1 Å². The van der Waals surface area contributed by atoms with Gasteiger partial charge in [-0.25, -0.2) is 8.78 Å². The fourth-order valence-electron chi connectivity index (χ4n) is 3.23. The average molecular weight is 362 g/mol. The Labute approximate surface area is 148 Å². The number of nitrogens with zero attached hydrogens (tertiary/aromatic N) is 1. The molecule has 0 aromatic heterocycles. The van der Waals surface area contributed by atoms with Gasteiger partial charge in [-0.2, -0.15) is 0 Å². The maximum atomic E-state index is 13.6. The van der Waals surface area contributed by atoms with Gasteiger partial charge >= 0.3 is 0 Å². The summed E-state index contributed by atoms with van der Waals surface area (Å²) in [6.07, 6.45) is 1.02. The van der Waals surface area contributed by atoms with Crippen LogP contribution >= 0.6 is 12.4 Å². The molecule has 3 N–H and O–H groups in total. The summed E-state index contributed by atoms with van der Waals surface area (Å²) < 4.78 is 26.8. The minimum Gasteiger partial charge on any atom is -0.351 e. The first kappa shape index (κ1) is 20.8. The van der Waals surface area contributed by atoms with Crippen molar-refractivity contribution in [2.24, 2.45) is 5.73 Å². The van der Waals surface area contributed by atoms with Crippen molar-refractivity contribution in [2.75, 3.05) is 6.54 Å². The van der Waals surface area contributed by atoms with E-state index in [2.05, 4.69) is 24.1 Å². The van der Waals surface area contributed by atoms with Crippen LogP contribution in [0.15, 0.2) is 18.2 Å². The van der Waals surface area contributed by atoms with Crippen LogP contribution in [-0.4, -0.2) is 35.5 Å². The Morgan fingerprint density at radius 1 is 1.33 bits per heavy atom. The topological polar surface area (TPSA) is 58.4 Å². The van der Waals surface area contributed by atoms with Crippen LogP contribution in [0.4, 0.5) is 8.78 Å². The summed E-state index contributed by atoms with van der Waals surface area (Å²) in [5.41, 5.74) is 6.34. The monoisotopic (exact) mass is 361 g/mol. The molecular weight excluding hydrogens is 336 g/mol. The predicted octanol–water partition coefficient (Wildman–Crippen LogP) is 2.76. The van der Waals surface area contributed by atoms with E-state index in [1.165, 1.54) is 6.07 Å². The highest BCUT2D eigenvalue weighted by Gasteiger charge is 2.37. The molecule has 3 unspecified atom stereocenters. The van der Waals surface area contributed by atoms with Crippen LogP contribution in [0.5, 0.6) is 0 Å². The van der Waals surface area contributed by atoms with Crippen molar-refractivity contribution in [1.29, 1.82) is 0 Å². The number of likely N-dealkylation sites (tertiary alicyclic amines) is 1. The summed E-state index contributed by atoms with van der Waals surface area (Å²) >= 11 is 0. The second kappa shape index (κ2) is 8.74. The van der Waals surface area contributed by atoms with E-state index in [1.54, 1.807) is 13.0 Å². The highest BCUT2D eigenvalue weighted by atomic mass is 35.5. The minimum atomic E-state index is -0.862. The number of rotatable bonds is 5. The van der Waals surface area contributed by atoms with Gasteiger partial charge in [-0.05, 0) is 44.9 Å². The Morgan fingerprint density at radius 3 is 2.54 bits per heavy atom. The van der Waals surface area contributed by atoms with E-state index >= 15 is 0 Å². The van der Waals surface area contributed by atoms with Crippen LogP contribution < -0.4 is 11.1 Å². The molecule has 0 aliphatic carbocycles. The standard InChI is InChI=1S/C17H25F2N3O.ClH/c1-10(2)22-7-6-15(21-16(23)8-11(3)20)17(22)12-4-5-13(18)14(19)9-12;/h4-5,9-11,15,17H,6-8,20H2,1-3H3,(H,21,23);1H. The minimum absolute atomic E-state index is 0. The zero-order valence-electron chi connectivity index (χ0n) is 14.3. The van der Waals surface area contributed by atoms with Crippen molar-refractivity contribution in [3.8, 4) is 0 Å². The molecule has 7 heteroatoms. The van der Waals surface area contributed by atoms with Gasteiger partial charge < -0.3 is 11.1 Å².